The molecule has 1 saturated heterocycles. The third kappa shape index (κ3) is 4.11. The molecule has 0 saturated carbocycles. The van der Waals surface area contributed by atoms with Crippen LogP contribution in [0.3, 0.4) is 0 Å². The smallest absolute Gasteiger partial charge is 0.0434 e. The van der Waals surface area contributed by atoms with E-state index in [9.17, 15) is 0 Å². The van der Waals surface area contributed by atoms with Gasteiger partial charge < -0.3 is 10.4 Å². The summed E-state index contributed by atoms with van der Waals surface area (Å²) in [6, 6.07) is 8.81. The zero-order valence-corrected chi connectivity index (χ0v) is 10.4. The molecule has 1 heterocycles. The quantitative estimate of drug-likeness (QED) is 0.798. The third-order valence-electron chi connectivity index (χ3n) is 3.26. The molecule has 0 spiro atoms. The van der Waals surface area contributed by atoms with E-state index >= 15 is 0 Å². The molecule has 0 aromatic heterocycles. The van der Waals surface area contributed by atoms with E-state index in [1.165, 1.54) is 11.1 Å². The van der Waals surface area contributed by atoms with Crippen molar-refractivity contribution in [1.82, 2.24) is 10.2 Å². The van der Waals surface area contributed by atoms with E-state index in [0.29, 0.717) is 0 Å². The van der Waals surface area contributed by atoms with Crippen molar-refractivity contribution in [3.63, 3.8) is 0 Å². The van der Waals surface area contributed by atoms with Crippen molar-refractivity contribution in [1.29, 1.82) is 0 Å². The maximum atomic E-state index is 8.79. The number of rotatable bonds is 5. The first kappa shape index (κ1) is 12.6. The molecule has 17 heavy (non-hydrogen) atoms. The third-order valence-corrected chi connectivity index (χ3v) is 3.26. The second kappa shape index (κ2) is 6.74. The van der Waals surface area contributed by atoms with E-state index in [1.807, 2.05) is 0 Å². The summed E-state index contributed by atoms with van der Waals surface area (Å²) < 4.78 is 0. The number of hydrogen-bond donors (Lipinski definition) is 2. The number of piperazine rings is 1. The Balaban J connectivity index is 1.84. The van der Waals surface area contributed by atoms with Crippen LogP contribution in [0, 0.1) is 0 Å². The molecule has 1 aromatic carbocycles. The summed E-state index contributed by atoms with van der Waals surface area (Å²) >= 11 is 0. The normalized spacial score (nSPS) is 17.2. The fraction of sp³-hybridized carbons (Fsp3) is 0.571. The number of aliphatic hydroxyl groups is 1. The van der Waals surface area contributed by atoms with Crippen molar-refractivity contribution in [3.8, 4) is 0 Å². The molecule has 1 aliphatic rings. The molecule has 0 bridgehead atoms. The molecule has 3 nitrogen and oxygen atoms in total. The Labute approximate surface area is 103 Å². The van der Waals surface area contributed by atoms with Gasteiger partial charge in [-0.25, -0.2) is 0 Å². The van der Waals surface area contributed by atoms with Gasteiger partial charge in [-0.15, -0.1) is 0 Å². The molecule has 1 aliphatic heterocycles. The number of nitrogens with zero attached hydrogens (tertiary/aromatic N) is 1. The van der Waals surface area contributed by atoms with Gasteiger partial charge in [-0.05, 0) is 24.0 Å². The van der Waals surface area contributed by atoms with E-state index in [4.69, 9.17) is 5.11 Å². The SMILES string of the molecule is OCCCc1ccc(CN2CCNCC2)cc1. The lowest BCUT2D eigenvalue weighted by Gasteiger charge is -2.27. The molecule has 94 valence electrons. The highest BCUT2D eigenvalue weighted by molar-refractivity contribution is 5.22. The number of hydrogen-bond acceptors (Lipinski definition) is 3. The van der Waals surface area contributed by atoms with Gasteiger partial charge in [0.05, 0.1) is 0 Å². The number of aliphatic hydroxyl groups excluding tert-OH is 1. The van der Waals surface area contributed by atoms with Crippen LogP contribution in [0.5, 0.6) is 0 Å². The van der Waals surface area contributed by atoms with Gasteiger partial charge in [0.2, 0.25) is 0 Å². The van der Waals surface area contributed by atoms with Crippen LogP contribution in [0.2, 0.25) is 0 Å². The van der Waals surface area contributed by atoms with E-state index in [0.717, 1.165) is 45.6 Å². The molecule has 1 aromatic rings. The number of benzene rings is 1. The summed E-state index contributed by atoms with van der Waals surface area (Å²) in [5.41, 5.74) is 2.71. The van der Waals surface area contributed by atoms with Crippen molar-refractivity contribution in [2.24, 2.45) is 0 Å². The molecule has 1 fully saturated rings. The first-order chi connectivity index (χ1) is 8.38. The molecule has 0 amide bonds. The average molecular weight is 234 g/mol. The van der Waals surface area contributed by atoms with Gasteiger partial charge in [0, 0.05) is 39.3 Å². The fourth-order valence-electron chi connectivity index (χ4n) is 2.22. The maximum Gasteiger partial charge on any atom is 0.0434 e. The Hall–Kier alpha value is -0.900. The molecule has 0 radical (unpaired) electrons. The summed E-state index contributed by atoms with van der Waals surface area (Å²) in [5.74, 6) is 0. The molecule has 2 rings (SSSR count). The van der Waals surface area contributed by atoms with Crippen LogP contribution in [0.15, 0.2) is 24.3 Å². The minimum atomic E-state index is 0.280. The van der Waals surface area contributed by atoms with Gasteiger partial charge >= 0.3 is 0 Å². The van der Waals surface area contributed by atoms with Crippen molar-refractivity contribution in [2.45, 2.75) is 19.4 Å². The Kier molecular flexibility index (Phi) is 4.98. The molecule has 0 atom stereocenters. The van der Waals surface area contributed by atoms with E-state index < -0.39 is 0 Å². The second-order valence-electron chi connectivity index (χ2n) is 4.67. The summed E-state index contributed by atoms with van der Waals surface area (Å²) in [6.07, 6.45) is 1.83. The molecule has 3 heteroatoms. The zero-order chi connectivity index (χ0) is 11.9. The average Bonchev–Trinajstić information content (AvgIpc) is 2.39. The summed E-state index contributed by atoms with van der Waals surface area (Å²) in [5, 5.41) is 12.2. The van der Waals surface area contributed by atoms with Crippen molar-refractivity contribution < 1.29 is 5.11 Å². The molecule has 0 unspecified atom stereocenters. The number of nitrogens with one attached hydrogen (secondary N) is 1. The zero-order valence-electron chi connectivity index (χ0n) is 10.4. The lowest BCUT2D eigenvalue weighted by atomic mass is 10.1. The first-order valence-corrected chi connectivity index (χ1v) is 6.50. The van der Waals surface area contributed by atoms with Gasteiger partial charge in [0.25, 0.3) is 0 Å². The topological polar surface area (TPSA) is 35.5 Å². The Morgan fingerprint density at radius 3 is 2.35 bits per heavy atom. The summed E-state index contributed by atoms with van der Waals surface area (Å²) in [6.45, 7) is 5.84. The standard InChI is InChI=1S/C14H22N2O/c17-11-1-2-13-3-5-14(6-4-13)12-16-9-7-15-8-10-16/h3-6,15,17H,1-2,7-12H2. The van der Waals surface area contributed by atoms with Crippen molar-refractivity contribution in [3.05, 3.63) is 35.4 Å². The predicted octanol–water partition coefficient (Wildman–Crippen LogP) is 1.02. The highest BCUT2D eigenvalue weighted by Crippen LogP contribution is 2.09. The van der Waals surface area contributed by atoms with Crippen LogP contribution in [-0.4, -0.2) is 42.8 Å². The molecule has 2 N–H and O–H groups in total. The van der Waals surface area contributed by atoms with Crippen LogP contribution >= 0.6 is 0 Å². The summed E-state index contributed by atoms with van der Waals surface area (Å²) in [7, 11) is 0. The van der Waals surface area contributed by atoms with Crippen molar-refractivity contribution in [2.75, 3.05) is 32.8 Å². The van der Waals surface area contributed by atoms with Gasteiger partial charge in [-0.2, -0.15) is 0 Å². The lowest BCUT2D eigenvalue weighted by Crippen LogP contribution is -2.42. The van der Waals surface area contributed by atoms with E-state index in [1.54, 1.807) is 0 Å². The Bertz CT molecular complexity index is 317. The van der Waals surface area contributed by atoms with Crippen LogP contribution in [0.25, 0.3) is 0 Å². The van der Waals surface area contributed by atoms with Gasteiger partial charge in [0.15, 0.2) is 0 Å². The monoisotopic (exact) mass is 234 g/mol. The van der Waals surface area contributed by atoms with Gasteiger partial charge in [0.1, 0.15) is 0 Å². The lowest BCUT2D eigenvalue weighted by molar-refractivity contribution is 0.233. The van der Waals surface area contributed by atoms with Crippen molar-refractivity contribution >= 4 is 0 Å². The predicted molar refractivity (Wildman–Crippen MR) is 70.0 cm³/mol. The first-order valence-electron chi connectivity index (χ1n) is 6.50. The second-order valence-corrected chi connectivity index (χ2v) is 4.67. The maximum absolute atomic E-state index is 8.79. The van der Waals surface area contributed by atoms with Gasteiger partial charge in [-0.1, -0.05) is 24.3 Å². The van der Waals surface area contributed by atoms with Crippen LogP contribution in [0.4, 0.5) is 0 Å². The Morgan fingerprint density at radius 2 is 1.71 bits per heavy atom. The largest absolute Gasteiger partial charge is 0.396 e. The molecular weight excluding hydrogens is 212 g/mol. The van der Waals surface area contributed by atoms with Crippen LogP contribution in [0.1, 0.15) is 17.5 Å². The molecule has 0 aliphatic carbocycles. The number of aryl methyl sites for hydroxylation is 1. The Morgan fingerprint density at radius 1 is 1.06 bits per heavy atom. The van der Waals surface area contributed by atoms with Gasteiger partial charge in [-0.3, -0.25) is 4.90 Å². The highest BCUT2D eigenvalue weighted by Gasteiger charge is 2.09. The fourth-order valence-corrected chi connectivity index (χ4v) is 2.22. The molecular formula is C14H22N2O. The highest BCUT2D eigenvalue weighted by atomic mass is 16.2. The van der Waals surface area contributed by atoms with E-state index in [-0.39, 0.29) is 6.61 Å². The van der Waals surface area contributed by atoms with Crippen LogP contribution in [-0.2, 0) is 13.0 Å². The minimum absolute atomic E-state index is 0.280. The minimum Gasteiger partial charge on any atom is -0.396 e. The summed E-state index contributed by atoms with van der Waals surface area (Å²) in [4.78, 5) is 2.49. The van der Waals surface area contributed by atoms with E-state index in [2.05, 4.69) is 34.5 Å². The van der Waals surface area contributed by atoms with Crippen LogP contribution < -0.4 is 5.32 Å².